The molecule has 0 aromatic heterocycles. The topological polar surface area (TPSA) is 12.5 Å². The van der Waals surface area contributed by atoms with Crippen molar-refractivity contribution in [3.8, 4) is 5.75 Å². The van der Waals surface area contributed by atoms with Gasteiger partial charge in [-0.1, -0.05) is 22.0 Å². The minimum atomic E-state index is 0.899. The van der Waals surface area contributed by atoms with E-state index < -0.39 is 0 Å². The van der Waals surface area contributed by atoms with Gasteiger partial charge in [0.15, 0.2) is 0 Å². The molecular formula is C13H14BrNO. The molecule has 0 amide bonds. The number of benzene rings is 2. The molecule has 2 aromatic rings. The minimum absolute atomic E-state index is 0.899. The molecule has 2 rings (SSSR count). The average Bonchev–Trinajstić information content (AvgIpc) is 2.26. The van der Waals surface area contributed by atoms with Crippen molar-refractivity contribution in [2.24, 2.45) is 0 Å². The van der Waals surface area contributed by atoms with E-state index in [1.165, 1.54) is 10.8 Å². The number of hydrogen-bond donors (Lipinski definition) is 0. The molecule has 0 aliphatic carbocycles. The van der Waals surface area contributed by atoms with Gasteiger partial charge >= 0.3 is 0 Å². The van der Waals surface area contributed by atoms with E-state index in [2.05, 4.69) is 45.1 Å². The van der Waals surface area contributed by atoms with Gasteiger partial charge in [0.1, 0.15) is 5.75 Å². The first-order valence-corrected chi connectivity index (χ1v) is 5.86. The Labute approximate surface area is 104 Å². The zero-order valence-corrected chi connectivity index (χ0v) is 11.2. The fourth-order valence-corrected chi connectivity index (χ4v) is 2.13. The van der Waals surface area contributed by atoms with Gasteiger partial charge in [-0.15, -0.1) is 0 Å². The van der Waals surface area contributed by atoms with E-state index >= 15 is 0 Å². The highest BCUT2D eigenvalue weighted by Crippen LogP contribution is 2.33. The smallest absolute Gasteiger partial charge is 0.142 e. The van der Waals surface area contributed by atoms with Gasteiger partial charge in [0.05, 0.1) is 12.8 Å². The second-order valence-electron chi connectivity index (χ2n) is 3.91. The third-order valence-electron chi connectivity index (χ3n) is 2.58. The molecule has 0 aliphatic rings. The van der Waals surface area contributed by atoms with E-state index in [4.69, 9.17) is 4.74 Å². The second-order valence-corrected chi connectivity index (χ2v) is 4.83. The van der Waals surface area contributed by atoms with Crippen LogP contribution in [-0.4, -0.2) is 21.2 Å². The molecule has 2 aromatic carbocycles. The predicted octanol–water partition coefficient (Wildman–Crippen LogP) is 3.68. The van der Waals surface area contributed by atoms with Crippen LogP contribution in [0.1, 0.15) is 0 Å². The van der Waals surface area contributed by atoms with Crippen LogP contribution in [0.2, 0.25) is 0 Å². The predicted molar refractivity (Wildman–Crippen MR) is 72.5 cm³/mol. The van der Waals surface area contributed by atoms with E-state index in [0.717, 1.165) is 15.9 Å². The number of hydrogen-bond acceptors (Lipinski definition) is 2. The Morgan fingerprint density at radius 3 is 2.44 bits per heavy atom. The third-order valence-corrected chi connectivity index (χ3v) is 3.08. The van der Waals surface area contributed by atoms with Gasteiger partial charge in [-0.25, -0.2) is 0 Å². The maximum Gasteiger partial charge on any atom is 0.142 e. The number of methoxy groups -OCH3 is 1. The first-order chi connectivity index (χ1) is 7.61. The summed E-state index contributed by atoms with van der Waals surface area (Å²) in [7, 11) is 5.73. The van der Waals surface area contributed by atoms with Crippen LogP contribution >= 0.6 is 15.9 Å². The molecule has 0 unspecified atom stereocenters. The summed E-state index contributed by atoms with van der Waals surface area (Å²) in [5, 5.41) is 2.39. The summed E-state index contributed by atoms with van der Waals surface area (Å²) in [6.45, 7) is 0. The fraction of sp³-hybridized carbons (Fsp3) is 0.231. The highest BCUT2D eigenvalue weighted by Gasteiger charge is 2.07. The number of fused-ring (bicyclic) bond motifs is 1. The first-order valence-electron chi connectivity index (χ1n) is 5.06. The van der Waals surface area contributed by atoms with Gasteiger partial charge in [0.2, 0.25) is 0 Å². The first kappa shape index (κ1) is 11.3. The van der Waals surface area contributed by atoms with Crippen LogP contribution in [0.4, 0.5) is 5.69 Å². The quantitative estimate of drug-likeness (QED) is 0.832. The number of ether oxygens (including phenoxy) is 1. The molecule has 84 valence electrons. The Hall–Kier alpha value is -1.22. The Bertz CT molecular complexity index is 523. The highest BCUT2D eigenvalue weighted by atomic mass is 79.9. The molecule has 3 heteroatoms. The van der Waals surface area contributed by atoms with E-state index in [9.17, 15) is 0 Å². The zero-order chi connectivity index (χ0) is 11.7. The second kappa shape index (κ2) is 4.34. The highest BCUT2D eigenvalue weighted by molar-refractivity contribution is 9.10. The van der Waals surface area contributed by atoms with Crippen LogP contribution in [0.5, 0.6) is 5.75 Å². The lowest BCUT2D eigenvalue weighted by atomic mass is 10.1. The molecule has 0 fully saturated rings. The molecule has 16 heavy (non-hydrogen) atoms. The molecule has 0 saturated carbocycles. The van der Waals surface area contributed by atoms with Crippen LogP contribution in [0.25, 0.3) is 10.8 Å². The molecular weight excluding hydrogens is 266 g/mol. The van der Waals surface area contributed by atoms with Gasteiger partial charge in [0.25, 0.3) is 0 Å². The van der Waals surface area contributed by atoms with Crippen molar-refractivity contribution in [2.45, 2.75) is 0 Å². The minimum Gasteiger partial charge on any atom is -0.495 e. The fourth-order valence-electron chi connectivity index (χ4n) is 1.75. The monoisotopic (exact) mass is 279 g/mol. The lowest BCUT2D eigenvalue weighted by molar-refractivity contribution is 0.416. The molecule has 0 spiro atoms. The van der Waals surface area contributed by atoms with Crippen LogP contribution in [0.15, 0.2) is 34.8 Å². The van der Waals surface area contributed by atoms with Crippen LogP contribution in [0, 0.1) is 0 Å². The maximum absolute atomic E-state index is 5.40. The molecule has 0 bridgehead atoms. The van der Waals surface area contributed by atoms with E-state index in [1.807, 2.05) is 20.2 Å². The van der Waals surface area contributed by atoms with E-state index in [-0.39, 0.29) is 0 Å². The number of rotatable bonds is 2. The molecule has 2 nitrogen and oxygen atoms in total. The van der Waals surface area contributed by atoms with Crippen LogP contribution in [-0.2, 0) is 0 Å². The lowest BCUT2D eigenvalue weighted by Crippen LogP contribution is -2.09. The zero-order valence-electron chi connectivity index (χ0n) is 9.62. The summed E-state index contributed by atoms with van der Waals surface area (Å²) in [5.41, 5.74) is 1.09. The largest absolute Gasteiger partial charge is 0.495 e. The summed E-state index contributed by atoms with van der Waals surface area (Å²) in [6, 6.07) is 10.5. The molecule has 0 radical (unpaired) electrons. The Balaban J connectivity index is 2.70. The Morgan fingerprint density at radius 2 is 1.81 bits per heavy atom. The molecule has 0 heterocycles. The molecule has 0 N–H and O–H groups in total. The maximum atomic E-state index is 5.40. The number of anilines is 1. The summed E-state index contributed by atoms with van der Waals surface area (Å²) in [6.07, 6.45) is 0. The number of halogens is 1. The summed E-state index contributed by atoms with van der Waals surface area (Å²) in [5.74, 6) is 0.899. The summed E-state index contributed by atoms with van der Waals surface area (Å²) in [4.78, 5) is 2.06. The van der Waals surface area contributed by atoms with Gasteiger partial charge in [-0.2, -0.15) is 0 Å². The molecule has 0 saturated heterocycles. The van der Waals surface area contributed by atoms with Crippen molar-refractivity contribution in [2.75, 3.05) is 26.1 Å². The van der Waals surface area contributed by atoms with Gasteiger partial charge < -0.3 is 9.64 Å². The van der Waals surface area contributed by atoms with Crippen molar-refractivity contribution in [3.05, 3.63) is 34.8 Å². The van der Waals surface area contributed by atoms with E-state index in [0.29, 0.717) is 0 Å². The van der Waals surface area contributed by atoms with E-state index in [1.54, 1.807) is 7.11 Å². The summed E-state index contributed by atoms with van der Waals surface area (Å²) < 4.78 is 6.48. The average molecular weight is 280 g/mol. The van der Waals surface area contributed by atoms with Gasteiger partial charge in [-0.3, -0.25) is 0 Å². The van der Waals surface area contributed by atoms with Gasteiger partial charge in [0, 0.05) is 18.6 Å². The SMILES string of the molecule is COc1cc2cc(Br)ccc2cc1N(C)C. The third kappa shape index (κ3) is 2.00. The van der Waals surface area contributed by atoms with Crippen molar-refractivity contribution in [1.29, 1.82) is 0 Å². The van der Waals surface area contributed by atoms with Crippen LogP contribution in [0.3, 0.4) is 0 Å². The van der Waals surface area contributed by atoms with Crippen molar-refractivity contribution >= 4 is 32.4 Å². The lowest BCUT2D eigenvalue weighted by Gasteiger charge is -2.17. The molecule has 0 atom stereocenters. The Kier molecular flexibility index (Phi) is 3.06. The Morgan fingerprint density at radius 1 is 1.06 bits per heavy atom. The van der Waals surface area contributed by atoms with Crippen molar-refractivity contribution < 1.29 is 4.74 Å². The van der Waals surface area contributed by atoms with Gasteiger partial charge in [-0.05, 0) is 35.0 Å². The molecule has 0 aliphatic heterocycles. The normalized spacial score (nSPS) is 10.5. The standard InChI is InChI=1S/C13H14BrNO/c1-15(2)12-7-9-4-5-11(14)6-10(9)8-13(12)16-3/h4-8H,1-3H3. The van der Waals surface area contributed by atoms with Crippen LogP contribution < -0.4 is 9.64 Å². The van der Waals surface area contributed by atoms with Crippen molar-refractivity contribution in [1.82, 2.24) is 0 Å². The number of nitrogens with zero attached hydrogens (tertiary/aromatic N) is 1. The van der Waals surface area contributed by atoms with Crippen molar-refractivity contribution in [3.63, 3.8) is 0 Å². The summed E-state index contributed by atoms with van der Waals surface area (Å²) >= 11 is 3.48.